The standard InChI is InChI=1S/C13H26N2/c1-12-6-3-5-9-15(12)11-13-7-2-4-8-14-10-13/h12-14H,2-11H2,1H3. The lowest BCUT2D eigenvalue weighted by Crippen LogP contribution is -2.42. The van der Waals surface area contributed by atoms with Crippen molar-refractivity contribution >= 4 is 0 Å². The summed E-state index contributed by atoms with van der Waals surface area (Å²) in [6.45, 7) is 7.59. The van der Waals surface area contributed by atoms with Crippen LogP contribution in [0.5, 0.6) is 0 Å². The molecule has 2 heteroatoms. The average Bonchev–Trinajstić information content (AvgIpc) is 2.50. The van der Waals surface area contributed by atoms with Gasteiger partial charge in [-0.25, -0.2) is 0 Å². The quantitative estimate of drug-likeness (QED) is 0.752. The van der Waals surface area contributed by atoms with Crippen molar-refractivity contribution in [2.75, 3.05) is 26.2 Å². The normalized spacial score (nSPS) is 35.0. The van der Waals surface area contributed by atoms with E-state index >= 15 is 0 Å². The van der Waals surface area contributed by atoms with Crippen molar-refractivity contribution in [1.29, 1.82) is 0 Å². The van der Waals surface area contributed by atoms with Gasteiger partial charge in [-0.15, -0.1) is 0 Å². The Labute approximate surface area is 94.4 Å². The van der Waals surface area contributed by atoms with Crippen LogP contribution in [-0.4, -0.2) is 37.1 Å². The molecule has 2 saturated heterocycles. The van der Waals surface area contributed by atoms with Crippen LogP contribution in [0.15, 0.2) is 0 Å². The highest BCUT2D eigenvalue weighted by molar-refractivity contribution is 4.77. The van der Waals surface area contributed by atoms with Crippen LogP contribution >= 0.6 is 0 Å². The fourth-order valence-corrected chi connectivity index (χ4v) is 3.01. The lowest BCUT2D eigenvalue weighted by atomic mass is 9.98. The molecule has 2 aliphatic heterocycles. The third-order valence-corrected chi connectivity index (χ3v) is 4.08. The largest absolute Gasteiger partial charge is 0.316 e. The Morgan fingerprint density at radius 1 is 1.13 bits per heavy atom. The van der Waals surface area contributed by atoms with Gasteiger partial charge in [-0.2, -0.15) is 0 Å². The van der Waals surface area contributed by atoms with E-state index < -0.39 is 0 Å². The predicted octanol–water partition coefficient (Wildman–Crippen LogP) is 2.25. The first-order valence-corrected chi connectivity index (χ1v) is 6.81. The molecule has 2 aliphatic rings. The van der Waals surface area contributed by atoms with E-state index in [1.54, 1.807) is 0 Å². The van der Waals surface area contributed by atoms with E-state index in [0.717, 1.165) is 12.0 Å². The van der Waals surface area contributed by atoms with Gasteiger partial charge < -0.3 is 10.2 Å². The van der Waals surface area contributed by atoms with Crippen LogP contribution in [0.1, 0.15) is 45.4 Å². The summed E-state index contributed by atoms with van der Waals surface area (Å²) in [5.41, 5.74) is 0. The second-order valence-electron chi connectivity index (χ2n) is 5.41. The summed E-state index contributed by atoms with van der Waals surface area (Å²) >= 11 is 0. The first-order chi connectivity index (χ1) is 7.36. The Hall–Kier alpha value is -0.0800. The second kappa shape index (κ2) is 5.86. The van der Waals surface area contributed by atoms with Crippen molar-refractivity contribution in [3.8, 4) is 0 Å². The molecule has 2 unspecified atom stereocenters. The molecule has 0 bridgehead atoms. The minimum atomic E-state index is 0.835. The molecule has 2 rings (SSSR count). The molecule has 0 aliphatic carbocycles. The van der Waals surface area contributed by atoms with Crippen LogP contribution < -0.4 is 5.32 Å². The van der Waals surface area contributed by atoms with Gasteiger partial charge in [0.1, 0.15) is 0 Å². The van der Waals surface area contributed by atoms with Gasteiger partial charge in [0.2, 0.25) is 0 Å². The zero-order valence-corrected chi connectivity index (χ0v) is 10.2. The lowest BCUT2D eigenvalue weighted by molar-refractivity contribution is 0.134. The fraction of sp³-hybridized carbons (Fsp3) is 1.00. The molecule has 0 saturated carbocycles. The van der Waals surface area contributed by atoms with Crippen LogP contribution in [0.25, 0.3) is 0 Å². The minimum Gasteiger partial charge on any atom is -0.316 e. The molecule has 88 valence electrons. The molecular weight excluding hydrogens is 184 g/mol. The second-order valence-corrected chi connectivity index (χ2v) is 5.41. The van der Waals surface area contributed by atoms with Crippen LogP contribution in [0, 0.1) is 5.92 Å². The van der Waals surface area contributed by atoms with E-state index in [9.17, 15) is 0 Å². The maximum atomic E-state index is 3.58. The van der Waals surface area contributed by atoms with E-state index in [1.807, 2.05) is 0 Å². The summed E-state index contributed by atoms with van der Waals surface area (Å²) in [5, 5.41) is 3.58. The smallest absolute Gasteiger partial charge is 0.00670 e. The monoisotopic (exact) mass is 210 g/mol. The van der Waals surface area contributed by atoms with Crippen molar-refractivity contribution < 1.29 is 0 Å². The molecule has 0 radical (unpaired) electrons. The molecule has 2 fully saturated rings. The number of likely N-dealkylation sites (tertiary alicyclic amines) is 1. The van der Waals surface area contributed by atoms with E-state index in [4.69, 9.17) is 0 Å². The summed E-state index contributed by atoms with van der Waals surface area (Å²) in [4.78, 5) is 2.72. The number of rotatable bonds is 2. The van der Waals surface area contributed by atoms with Crippen molar-refractivity contribution in [3.63, 3.8) is 0 Å². The SMILES string of the molecule is CC1CCCCN1CC1CCCCNC1. The molecule has 1 N–H and O–H groups in total. The molecule has 2 atom stereocenters. The molecule has 0 amide bonds. The molecule has 0 spiro atoms. The van der Waals surface area contributed by atoms with E-state index in [2.05, 4.69) is 17.1 Å². The summed E-state index contributed by atoms with van der Waals surface area (Å²) < 4.78 is 0. The van der Waals surface area contributed by atoms with Gasteiger partial charge in [-0.1, -0.05) is 12.8 Å². The highest BCUT2D eigenvalue weighted by Gasteiger charge is 2.22. The number of nitrogens with zero attached hydrogens (tertiary/aromatic N) is 1. The average molecular weight is 210 g/mol. The Morgan fingerprint density at radius 3 is 2.87 bits per heavy atom. The van der Waals surface area contributed by atoms with Crippen molar-refractivity contribution in [2.24, 2.45) is 5.92 Å². The van der Waals surface area contributed by atoms with E-state index in [0.29, 0.717) is 0 Å². The van der Waals surface area contributed by atoms with Gasteiger partial charge in [-0.3, -0.25) is 0 Å². The lowest BCUT2D eigenvalue weighted by Gasteiger charge is -2.35. The van der Waals surface area contributed by atoms with E-state index in [-0.39, 0.29) is 0 Å². The van der Waals surface area contributed by atoms with Crippen LogP contribution in [0.2, 0.25) is 0 Å². The zero-order valence-electron chi connectivity index (χ0n) is 10.2. The minimum absolute atomic E-state index is 0.835. The number of hydrogen-bond acceptors (Lipinski definition) is 2. The number of piperidine rings is 1. The molecule has 2 heterocycles. The van der Waals surface area contributed by atoms with Gasteiger partial charge in [0.25, 0.3) is 0 Å². The third-order valence-electron chi connectivity index (χ3n) is 4.08. The highest BCUT2D eigenvalue weighted by atomic mass is 15.2. The van der Waals surface area contributed by atoms with Crippen molar-refractivity contribution in [2.45, 2.75) is 51.5 Å². The van der Waals surface area contributed by atoms with Gasteiger partial charge in [-0.05, 0) is 58.2 Å². The number of hydrogen-bond donors (Lipinski definition) is 1. The first-order valence-electron chi connectivity index (χ1n) is 6.81. The summed E-state index contributed by atoms with van der Waals surface area (Å²) in [5.74, 6) is 0.910. The molecule has 2 nitrogen and oxygen atoms in total. The van der Waals surface area contributed by atoms with E-state index in [1.165, 1.54) is 64.7 Å². The van der Waals surface area contributed by atoms with Crippen molar-refractivity contribution in [1.82, 2.24) is 10.2 Å². The topological polar surface area (TPSA) is 15.3 Å². The van der Waals surface area contributed by atoms with Crippen LogP contribution in [-0.2, 0) is 0 Å². The molecule has 15 heavy (non-hydrogen) atoms. The fourth-order valence-electron chi connectivity index (χ4n) is 3.01. The maximum Gasteiger partial charge on any atom is 0.00670 e. The molecule has 0 aromatic rings. The van der Waals surface area contributed by atoms with Gasteiger partial charge in [0.15, 0.2) is 0 Å². The van der Waals surface area contributed by atoms with Gasteiger partial charge >= 0.3 is 0 Å². The highest BCUT2D eigenvalue weighted by Crippen LogP contribution is 2.20. The Morgan fingerprint density at radius 2 is 2.00 bits per heavy atom. The number of nitrogens with one attached hydrogen (secondary N) is 1. The van der Waals surface area contributed by atoms with Crippen LogP contribution in [0.4, 0.5) is 0 Å². The maximum absolute atomic E-state index is 3.58. The van der Waals surface area contributed by atoms with Gasteiger partial charge in [0, 0.05) is 12.6 Å². The zero-order chi connectivity index (χ0) is 10.5. The Bertz CT molecular complexity index is 173. The molecular formula is C13H26N2. The summed E-state index contributed by atoms with van der Waals surface area (Å²) in [7, 11) is 0. The summed E-state index contributed by atoms with van der Waals surface area (Å²) in [6.07, 6.45) is 8.54. The van der Waals surface area contributed by atoms with Gasteiger partial charge in [0.05, 0.1) is 0 Å². The van der Waals surface area contributed by atoms with Crippen molar-refractivity contribution in [3.05, 3.63) is 0 Å². The predicted molar refractivity (Wildman–Crippen MR) is 65.1 cm³/mol. The Balaban J connectivity index is 1.78. The summed E-state index contributed by atoms with van der Waals surface area (Å²) in [6, 6.07) is 0.835. The first kappa shape index (κ1) is 11.4. The Kier molecular flexibility index (Phi) is 4.45. The molecule has 0 aromatic heterocycles. The molecule has 0 aromatic carbocycles. The third kappa shape index (κ3) is 3.46. The van der Waals surface area contributed by atoms with Crippen LogP contribution in [0.3, 0.4) is 0 Å².